The van der Waals surface area contributed by atoms with E-state index in [0.717, 1.165) is 12.8 Å². The number of carbonyl (C=O) groups is 2. The van der Waals surface area contributed by atoms with Crippen LogP contribution >= 0.6 is 0 Å². The van der Waals surface area contributed by atoms with Crippen molar-refractivity contribution in [2.75, 3.05) is 0 Å². The predicted octanol–water partition coefficient (Wildman–Crippen LogP) is 2.53. The molecule has 0 aromatic heterocycles. The topological polar surface area (TPSA) is 83.8 Å². The second-order valence-electron chi connectivity index (χ2n) is 6.31. The first-order chi connectivity index (χ1) is 9.77. The summed E-state index contributed by atoms with van der Waals surface area (Å²) in [6.45, 7) is 5.82. The molecule has 2 N–H and O–H groups in total. The number of carboxylic acid groups (broad SMARTS) is 1. The fourth-order valence-corrected chi connectivity index (χ4v) is 2.79. The van der Waals surface area contributed by atoms with Gasteiger partial charge >= 0.3 is 5.97 Å². The highest BCUT2D eigenvalue weighted by Gasteiger charge is 2.40. The van der Waals surface area contributed by atoms with Crippen molar-refractivity contribution in [1.29, 1.82) is 0 Å². The van der Waals surface area contributed by atoms with Crippen molar-refractivity contribution in [3.05, 3.63) is 11.6 Å². The highest BCUT2D eigenvalue weighted by Crippen LogP contribution is 2.37. The van der Waals surface area contributed by atoms with Crippen LogP contribution in [0.4, 0.5) is 0 Å². The SMILES string of the molecule is CC(=CCCC(C)C(=O)O)C1CCC(C)(O)C(OC=O)C1. The van der Waals surface area contributed by atoms with Gasteiger partial charge in [-0.1, -0.05) is 18.6 Å². The third-order valence-electron chi connectivity index (χ3n) is 4.54. The van der Waals surface area contributed by atoms with E-state index < -0.39 is 17.7 Å². The Kier molecular flexibility index (Phi) is 6.40. The summed E-state index contributed by atoms with van der Waals surface area (Å²) in [5.74, 6) is -0.836. The minimum Gasteiger partial charge on any atom is -0.481 e. The zero-order valence-corrected chi connectivity index (χ0v) is 13.0. The van der Waals surface area contributed by atoms with Gasteiger partial charge in [0.05, 0.1) is 11.5 Å². The summed E-state index contributed by atoms with van der Waals surface area (Å²) in [4.78, 5) is 21.3. The quantitative estimate of drug-likeness (QED) is 0.557. The summed E-state index contributed by atoms with van der Waals surface area (Å²) in [6.07, 6.45) is 4.99. The van der Waals surface area contributed by atoms with Crippen LogP contribution in [0.1, 0.15) is 52.9 Å². The molecule has 1 aliphatic rings. The first-order valence-electron chi connectivity index (χ1n) is 7.49. The fraction of sp³-hybridized carbons (Fsp3) is 0.750. The molecule has 0 bridgehead atoms. The molecule has 21 heavy (non-hydrogen) atoms. The van der Waals surface area contributed by atoms with Crippen LogP contribution in [0.15, 0.2) is 11.6 Å². The summed E-state index contributed by atoms with van der Waals surface area (Å²) in [7, 11) is 0. The van der Waals surface area contributed by atoms with E-state index in [1.165, 1.54) is 5.57 Å². The normalized spacial score (nSPS) is 31.5. The number of carbonyl (C=O) groups excluding carboxylic acids is 1. The van der Waals surface area contributed by atoms with Crippen molar-refractivity contribution in [2.45, 2.75) is 64.6 Å². The average molecular weight is 298 g/mol. The Labute approximate surface area is 126 Å². The second-order valence-corrected chi connectivity index (χ2v) is 6.31. The standard InChI is InChI=1S/C16H26O5/c1-11(5-4-6-12(2)15(18)19)13-7-8-16(3,20)14(9-13)21-10-17/h5,10,12-14,20H,4,6-9H2,1-3H3,(H,18,19). The molecule has 0 aromatic carbocycles. The molecule has 0 aromatic rings. The summed E-state index contributed by atoms with van der Waals surface area (Å²) in [5.41, 5.74) is 0.220. The molecule has 0 heterocycles. The van der Waals surface area contributed by atoms with E-state index in [1.54, 1.807) is 13.8 Å². The van der Waals surface area contributed by atoms with Gasteiger partial charge in [0.1, 0.15) is 6.10 Å². The van der Waals surface area contributed by atoms with Crippen LogP contribution in [0, 0.1) is 11.8 Å². The third kappa shape index (κ3) is 5.16. The molecule has 1 fully saturated rings. The molecular weight excluding hydrogens is 272 g/mol. The van der Waals surface area contributed by atoms with Crippen LogP contribution < -0.4 is 0 Å². The van der Waals surface area contributed by atoms with Gasteiger partial charge in [-0.3, -0.25) is 9.59 Å². The molecule has 4 unspecified atom stereocenters. The lowest BCUT2D eigenvalue weighted by Gasteiger charge is -2.39. The maximum atomic E-state index is 10.8. The lowest BCUT2D eigenvalue weighted by molar-refractivity contribution is -0.156. The highest BCUT2D eigenvalue weighted by molar-refractivity contribution is 5.69. The van der Waals surface area contributed by atoms with Gasteiger partial charge in [-0.15, -0.1) is 0 Å². The molecule has 0 spiro atoms. The fourth-order valence-electron chi connectivity index (χ4n) is 2.79. The molecule has 1 saturated carbocycles. The number of rotatable bonds is 7. The van der Waals surface area contributed by atoms with Crippen LogP contribution in [0.5, 0.6) is 0 Å². The second kappa shape index (κ2) is 7.59. The van der Waals surface area contributed by atoms with Gasteiger partial charge in [0.25, 0.3) is 6.47 Å². The molecule has 0 saturated heterocycles. The van der Waals surface area contributed by atoms with Crippen LogP contribution in [-0.4, -0.2) is 34.4 Å². The van der Waals surface area contributed by atoms with Crippen LogP contribution in [0.2, 0.25) is 0 Å². The van der Waals surface area contributed by atoms with Gasteiger partial charge in [-0.2, -0.15) is 0 Å². The maximum Gasteiger partial charge on any atom is 0.306 e. The molecule has 0 aliphatic heterocycles. The van der Waals surface area contributed by atoms with Crippen molar-refractivity contribution in [1.82, 2.24) is 0 Å². The van der Waals surface area contributed by atoms with Gasteiger partial charge < -0.3 is 14.9 Å². The van der Waals surface area contributed by atoms with Crippen LogP contribution in [0.25, 0.3) is 0 Å². The number of hydrogen-bond acceptors (Lipinski definition) is 4. The van der Waals surface area contributed by atoms with E-state index in [4.69, 9.17) is 9.84 Å². The van der Waals surface area contributed by atoms with Crippen molar-refractivity contribution in [3.63, 3.8) is 0 Å². The number of aliphatic carboxylic acids is 1. The first-order valence-corrected chi connectivity index (χ1v) is 7.49. The van der Waals surface area contributed by atoms with Gasteiger partial charge in [-0.25, -0.2) is 0 Å². The van der Waals surface area contributed by atoms with Crippen molar-refractivity contribution in [3.8, 4) is 0 Å². The first kappa shape index (κ1) is 17.7. The molecule has 120 valence electrons. The zero-order chi connectivity index (χ0) is 16.0. The van der Waals surface area contributed by atoms with Crippen LogP contribution in [-0.2, 0) is 14.3 Å². The van der Waals surface area contributed by atoms with E-state index in [2.05, 4.69) is 6.08 Å². The molecular formula is C16H26O5. The Morgan fingerprint density at radius 3 is 2.76 bits per heavy atom. The maximum absolute atomic E-state index is 10.8. The molecule has 4 atom stereocenters. The Balaban J connectivity index is 2.56. The monoisotopic (exact) mass is 298 g/mol. The van der Waals surface area contributed by atoms with Crippen LogP contribution in [0.3, 0.4) is 0 Å². The lowest BCUT2D eigenvalue weighted by Crippen LogP contribution is -2.46. The van der Waals surface area contributed by atoms with Crippen molar-refractivity contribution >= 4 is 12.4 Å². The minimum absolute atomic E-state index is 0.273. The Morgan fingerprint density at radius 1 is 1.52 bits per heavy atom. The Morgan fingerprint density at radius 2 is 2.19 bits per heavy atom. The number of carboxylic acids is 1. The molecule has 1 rings (SSSR count). The number of aliphatic hydroxyl groups is 1. The number of allylic oxidation sites excluding steroid dienone is 2. The largest absolute Gasteiger partial charge is 0.481 e. The Bertz CT molecular complexity index is 399. The summed E-state index contributed by atoms with van der Waals surface area (Å²) < 4.78 is 5.02. The molecule has 1 aliphatic carbocycles. The van der Waals surface area contributed by atoms with Crippen molar-refractivity contribution < 1.29 is 24.5 Å². The smallest absolute Gasteiger partial charge is 0.306 e. The number of hydrogen-bond donors (Lipinski definition) is 2. The van der Waals surface area contributed by atoms with E-state index in [9.17, 15) is 14.7 Å². The predicted molar refractivity (Wildman–Crippen MR) is 78.7 cm³/mol. The van der Waals surface area contributed by atoms with Gasteiger partial charge in [0.15, 0.2) is 0 Å². The van der Waals surface area contributed by atoms with E-state index >= 15 is 0 Å². The van der Waals surface area contributed by atoms with Gasteiger partial charge in [0.2, 0.25) is 0 Å². The summed E-state index contributed by atoms with van der Waals surface area (Å²) >= 11 is 0. The molecule has 5 heteroatoms. The average Bonchev–Trinajstić information content (AvgIpc) is 2.40. The van der Waals surface area contributed by atoms with E-state index in [-0.39, 0.29) is 11.8 Å². The Hall–Kier alpha value is -1.36. The minimum atomic E-state index is -0.963. The van der Waals surface area contributed by atoms with Gasteiger partial charge in [0, 0.05) is 0 Å². The zero-order valence-electron chi connectivity index (χ0n) is 13.0. The molecule has 0 amide bonds. The molecule has 5 nitrogen and oxygen atoms in total. The third-order valence-corrected chi connectivity index (χ3v) is 4.54. The summed E-state index contributed by atoms with van der Waals surface area (Å²) in [5, 5.41) is 19.1. The van der Waals surface area contributed by atoms with Crippen molar-refractivity contribution in [2.24, 2.45) is 11.8 Å². The van der Waals surface area contributed by atoms with Gasteiger partial charge in [-0.05, 0) is 51.9 Å². The summed E-state index contributed by atoms with van der Waals surface area (Å²) in [6, 6.07) is 0. The number of ether oxygens (including phenoxy) is 1. The van der Waals surface area contributed by atoms with E-state index in [0.29, 0.717) is 25.7 Å². The highest BCUT2D eigenvalue weighted by atomic mass is 16.5. The van der Waals surface area contributed by atoms with E-state index in [1.807, 2.05) is 6.92 Å². The molecule has 0 radical (unpaired) electrons. The lowest BCUT2D eigenvalue weighted by atomic mass is 9.75.